The van der Waals surface area contributed by atoms with E-state index < -0.39 is 0 Å². The van der Waals surface area contributed by atoms with Crippen molar-refractivity contribution in [3.8, 4) is 5.19 Å². The van der Waals surface area contributed by atoms with Gasteiger partial charge in [-0.2, -0.15) is 0 Å². The topological polar surface area (TPSA) is 25.4 Å². The third-order valence-electron chi connectivity index (χ3n) is 5.21. The number of ether oxygens (including phenoxy) is 1. The van der Waals surface area contributed by atoms with Crippen molar-refractivity contribution in [1.29, 1.82) is 0 Å². The zero-order valence-corrected chi connectivity index (χ0v) is 12.2. The molecule has 104 valence electrons. The van der Waals surface area contributed by atoms with Gasteiger partial charge in [0.2, 0.25) is 0 Å². The van der Waals surface area contributed by atoms with Crippen LogP contribution in [0.25, 0.3) is 10.2 Å². The fourth-order valence-electron chi connectivity index (χ4n) is 4.57. The van der Waals surface area contributed by atoms with Gasteiger partial charge in [0, 0.05) is 31.5 Å². The molecule has 1 aromatic carbocycles. The highest BCUT2D eigenvalue weighted by Gasteiger charge is 2.48. The summed E-state index contributed by atoms with van der Waals surface area (Å²) in [6.07, 6.45) is 3.13. The molecule has 4 fully saturated rings. The van der Waals surface area contributed by atoms with Gasteiger partial charge in [-0.3, -0.25) is 0 Å². The molecule has 3 saturated heterocycles. The minimum Gasteiger partial charge on any atom is -0.466 e. The van der Waals surface area contributed by atoms with E-state index in [4.69, 9.17) is 4.74 Å². The maximum absolute atomic E-state index is 6.36. The van der Waals surface area contributed by atoms with Crippen LogP contribution in [0.2, 0.25) is 0 Å². The van der Waals surface area contributed by atoms with E-state index in [1.165, 1.54) is 37.2 Å². The zero-order valence-electron chi connectivity index (χ0n) is 11.4. The summed E-state index contributed by atoms with van der Waals surface area (Å²) in [6, 6.07) is 8.31. The molecule has 4 heterocycles. The molecule has 6 rings (SSSR count). The van der Waals surface area contributed by atoms with Crippen LogP contribution in [0.15, 0.2) is 24.3 Å². The summed E-state index contributed by atoms with van der Waals surface area (Å²) in [5, 5.41) is 0.874. The molecular weight excluding hydrogens is 268 g/mol. The summed E-state index contributed by atoms with van der Waals surface area (Å²) in [5.41, 5.74) is 1.07. The molecule has 1 saturated carbocycles. The van der Waals surface area contributed by atoms with Crippen LogP contribution >= 0.6 is 11.3 Å². The maximum Gasteiger partial charge on any atom is 0.274 e. The van der Waals surface area contributed by atoms with Crippen LogP contribution in [-0.4, -0.2) is 35.6 Å². The van der Waals surface area contributed by atoms with E-state index in [-0.39, 0.29) is 0 Å². The quantitative estimate of drug-likeness (QED) is 0.848. The molecule has 3 aliphatic heterocycles. The Hall–Kier alpha value is -1.13. The van der Waals surface area contributed by atoms with Crippen molar-refractivity contribution in [1.82, 2.24) is 9.88 Å². The van der Waals surface area contributed by atoms with Gasteiger partial charge in [0.1, 0.15) is 6.10 Å². The lowest BCUT2D eigenvalue weighted by Gasteiger charge is -2.55. The average molecular weight is 286 g/mol. The van der Waals surface area contributed by atoms with Gasteiger partial charge in [-0.15, -0.1) is 0 Å². The van der Waals surface area contributed by atoms with Gasteiger partial charge in [-0.05, 0) is 30.9 Å². The average Bonchev–Trinajstić information content (AvgIpc) is 2.84. The molecule has 2 atom stereocenters. The van der Waals surface area contributed by atoms with E-state index in [2.05, 4.69) is 28.1 Å². The predicted molar refractivity (Wildman–Crippen MR) is 80.2 cm³/mol. The highest BCUT2D eigenvalue weighted by Crippen LogP contribution is 2.45. The van der Waals surface area contributed by atoms with E-state index in [1.807, 2.05) is 6.07 Å². The lowest BCUT2D eigenvalue weighted by Crippen LogP contribution is -2.61. The summed E-state index contributed by atoms with van der Waals surface area (Å²) in [4.78, 5) is 7.29. The lowest BCUT2D eigenvalue weighted by molar-refractivity contribution is -0.0984. The maximum atomic E-state index is 6.36. The smallest absolute Gasteiger partial charge is 0.274 e. The number of aromatic nitrogens is 1. The Balaban J connectivity index is 1.43. The Morgan fingerprint density at radius 2 is 1.90 bits per heavy atom. The monoisotopic (exact) mass is 286 g/mol. The van der Waals surface area contributed by atoms with Crippen molar-refractivity contribution in [2.24, 2.45) is 17.8 Å². The van der Waals surface area contributed by atoms with Gasteiger partial charge in [0.05, 0.1) is 10.2 Å². The Bertz CT molecular complexity index is 592. The fourth-order valence-corrected chi connectivity index (χ4v) is 5.43. The number of hydrogen-bond acceptors (Lipinski definition) is 4. The second-order valence-corrected chi connectivity index (χ2v) is 7.60. The van der Waals surface area contributed by atoms with Gasteiger partial charge in [-0.1, -0.05) is 23.5 Å². The first-order valence-corrected chi connectivity index (χ1v) is 8.41. The number of hydrogen-bond donors (Lipinski definition) is 0. The van der Waals surface area contributed by atoms with Gasteiger partial charge in [-0.25, -0.2) is 4.98 Å². The van der Waals surface area contributed by atoms with Crippen molar-refractivity contribution >= 4 is 21.6 Å². The van der Waals surface area contributed by atoms with E-state index in [0.29, 0.717) is 6.10 Å². The van der Waals surface area contributed by atoms with Crippen LogP contribution < -0.4 is 4.74 Å². The van der Waals surface area contributed by atoms with E-state index in [0.717, 1.165) is 28.5 Å². The van der Waals surface area contributed by atoms with Crippen molar-refractivity contribution in [3.63, 3.8) is 0 Å². The first-order chi connectivity index (χ1) is 9.85. The minimum atomic E-state index is 0.406. The third kappa shape index (κ3) is 1.71. The van der Waals surface area contributed by atoms with E-state index in [9.17, 15) is 0 Å². The SMILES string of the molecule is c1ccc2sc(OC3[C@@H]4CC5C[C@@H]3CN(C5)C4)nc2c1. The molecule has 1 aliphatic carbocycles. The van der Waals surface area contributed by atoms with Crippen LogP contribution in [-0.2, 0) is 0 Å². The van der Waals surface area contributed by atoms with Crippen molar-refractivity contribution < 1.29 is 4.74 Å². The Morgan fingerprint density at radius 3 is 2.65 bits per heavy atom. The summed E-state index contributed by atoms with van der Waals surface area (Å²) in [7, 11) is 0. The van der Waals surface area contributed by atoms with Gasteiger partial charge < -0.3 is 9.64 Å². The molecule has 0 N–H and O–H groups in total. The molecule has 1 aromatic heterocycles. The first-order valence-electron chi connectivity index (χ1n) is 7.60. The molecule has 20 heavy (non-hydrogen) atoms. The Kier molecular flexibility index (Phi) is 2.41. The highest BCUT2D eigenvalue weighted by molar-refractivity contribution is 7.20. The van der Waals surface area contributed by atoms with Crippen LogP contribution in [0, 0.1) is 17.8 Å². The minimum absolute atomic E-state index is 0.406. The normalized spacial score (nSPS) is 38.5. The van der Waals surface area contributed by atoms with Gasteiger partial charge in [0.25, 0.3) is 5.19 Å². The van der Waals surface area contributed by atoms with Gasteiger partial charge in [0.15, 0.2) is 0 Å². The Morgan fingerprint density at radius 1 is 1.10 bits per heavy atom. The molecule has 0 amide bonds. The summed E-state index contributed by atoms with van der Waals surface area (Å²) < 4.78 is 7.59. The fraction of sp³-hybridized carbons (Fsp3) is 0.562. The second-order valence-electron chi connectivity index (χ2n) is 6.61. The third-order valence-corrected chi connectivity index (χ3v) is 6.14. The Labute approximate surface area is 122 Å². The van der Waals surface area contributed by atoms with Crippen molar-refractivity contribution in [2.45, 2.75) is 18.9 Å². The molecular formula is C16H18N2OS. The van der Waals surface area contributed by atoms with Crippen LogP contribution in [0.4, 0.5) is 0 Å². The molecule has 0 radical (unpaired) electrons. The van der Waals surface area contributed by atoms with Gasteiger partial charge >= 0.3 is 0 Å². The first kappa shape index (κ1) is 11.5. The number of nitrogens with zero attached hydrogens (tertiary/aromatic N) is 2. The van der Waals surface area contributed by atoms with Crippen molar-refractivity contribution in [3.05, 3.63) is 24.3 Å². The standard InChI is InChI=1S/C16H18N2OS/c1-2-4-14-13(3-1)17-16(20-14)19-15-11-5-10-6-12(15)9-18(7-10)8-11/h1-4,10-12,15H,5-9H2/t10?,11-,12-,15?/m1/s1. The summed E-state index contributed by atoms with van der Waals surface area (Å²) >= 11 is 1.69. The number of fused-ring (bicyclic) bond motifs is 1. The number of thiazole rings is 1. The number of rotatable bonds is 2. The van der Waals surface area contributed by atoms with E-state index in [1.54, 1.807) is 11.3 Å². The molecule has 0 spiro atoms. The predicted octanol–water partition coefficient (Wildman–Crippen LogP) is 3.02. The summed E-state index contributed by atoms with van der Waals surface area (Å²) in [6.45, 7) is 3.81. The largest absolute Gasteiger partial charge is 0.466 e. The molecule has 4 heteroatoms. The molecule has 3 nitrogen and oxygen atoms in total. The molecule has 2 aromatic rings. The zero-order chi connectivity index (χ0) is 13.1. The van der Waals surface area contributed by atoms with Crippen LogP contribution in [0.1, 0.15) is 12.8 Å². The highest BCUT2D eigenvalue weighted by atomic mass is 32.1. The number of benzene rings is 1. The van der Waals surface area contributed by atoms with Crippen molar-refractivity contribution in [2.75, 3.05) is 19.6 Å². The van der Waals surface area contributed by atoms with Crippen LogP contribution in [0.5, 0.6) is 5.19 Å². The lowest BCUT2D eigenvalue weighted by atomic mass is 9.66. The molecule has 0 unspecified atom stereocenters. The second kappa shape index (κ2) is 4.18. The summed E-state index contributed by atoms with van der Waals surface area (Å²) in [5.74, 6) is 2.39. The van der Waals surface area contributed by atoms with Crippen LogP contribution in [0.3, 0.4) is 0 Å². The number of para-hydroxylation sites is 1. The van der Waals surface area contributed by atoms with E-state index >= 15 is 0 Å². The molecule has 4 bridgehead atoms. The molecule has 4 aliphatic rings. The number of piperidine rings is 3.